The van der Waals surface area contributed by atoms with Gasteiger partial charge in [0.25, 0.3) is 0 Å². The maximum Gasteiger partial charge on any atom is 0.408 e. The maximum absolute atomic E-state index is 13.9. The zero-order chi connectivity index (χ0) is 16.3. The SMILES string of the molecule is COC(=O)C=C[C@H]1CC[C@@H](c2cc(F)ccc2F)N1C(=O)O. The first-order valence-electron chi connectivity index (χ1n) is 6.66. The topological polar surface area (TPSA) is 66.8 Å². The van der Waals surface area contributed by atoms with Crippen LogP contribution in [-0.4, -0.2) is 35.2 Å². The highest BCUT2D eigenvalue weighted by molar-refractivity contribution is 5.82. The Balaban J connectivity index is 2.30. The fourth-order valence-corrected chi connectivity index (χ4v) is 2.64. The van der Waals surface area contributed by atoms with Crippen LogP contribution in [0.25, 0.3) is 0 Å². The molecule has 0 saturated carbocycles. The molecule has 1 aromatic carbocycles. The molecule has 1 aromatic rings. The third-order valence-corrected chi connectivity index (χ3v) is 3.62. The first-order valence-corrected chi connectivity index (χ1v) is 6.66. The Morgan fingerprint density at radius 1 is 1.36 bits per heavy atom. The van der Waals surface area contributed by atoms with E-state index in [4.69, 9.17) is 0 Å². The van der Waals surface area contributed by atoms with Crippen molar-refractivity contribution >= 4 is 12.1 Å². The van der Waals surface area contributed by atoms with Gasteiger partial charge in [0.15, 0.2) is 0 Å². The molecule has 1 heterocycles. The molecular weight excluding hydrogens is 296 g/mol. The second-order valence-corrected chi connectivity index (χ2v) is 4.90. The number of likely N-dealkylation sites (tertiary alicyclic amines) is 1. The number of methoxy groups -OCH3 is 1. The Hall–Kier alpha value is -2.44. The fourth-order valence-electron chi connectivity index (χ4n) is 2.64. The summed E-state index contributed by atoms with van der Waals surface area (Å²) in [5, 5.41) is 9.36. The van der Waals surface area contributed by atoms with Crippen molar-refractivity contribution in [1.82, 2.24) is 4.90 Å². The first kappa shape index (κ1) is 15.9. The van der Waals surface area contributed by atoms with Crippen molar-refractivity contribution in [3.05, 3.63) is 47.5 Å². The molecule has 7 heteroatoms. The Labute approximate surface area is 125 Å². The fraction of sp³-hybridized carbons (Fsp3) is 0.333. The highest BCUT2D eigenvalue weighted by atomic mass is 19.1. The maximum atomic E-state index is 13.9. The van der Waals surface area contributed by atoms with E-state index in [-0.39, 0.29) is 5.56 Å². The van der Waals surface area contributed by atoms with Gasteiger partial charge < -0.3 is 9.84 Å². The predicted molar refractivity (Wildman–Crippen MR) is 73.1 cm³/mol. The van der Waals surface area contributed by atoms with Crippen LogP contribution >= 0.6 is 0 Å². The Kier molecular flexibility index (Phi) is 4.75. The van der Waals surface area contributed by atoms with Gasteiger partial charge >= 0.3 is 12.1 Å². The molecule has 0 aliphatic carbocycles. The van der Waals surface area contributed by atoms with E-state index in [1.807, 2.05) is 0 Å². The lowest BCUT2D eigenvalue weighted by molar-refractivity contribution is -0.134. The summed E-state index contributed by atoms with van der Waals surface area (Å²) >= 11 is 0. The molecule has 5 nitrogen and oxygen atoms in total. The average molecular weight is 311 g/mol. The average Bonchev–Trinajstić information content (AvgIpc) is 2.91. The van der Waals surface area contributed by atoms with Crippen molar-refractivity contribution in [1.29, 1.82) is 0 Å². The van der Waals surface area contributed by atoms with Gasteiger partial charge in [-0.1, -0.05) is 6.08 Å². The van der Waals surface area contributed by atoms with Crippen molar-refractivity contribution in [2.24, 2.45) is 0 Å². The van der Waals surface area contributed by atoms with Gasteiger partial charge in [-0.05, 0) is 31.0 Å². The lowest BCUT2D eigenvalue weighted by Crippen LogP contribution is -2.35. The van der Waals surface area contributed by atoms with Crippen LogP contribution in [0.3, 0.4) is 0 Å². The molecule has 0 radical (unpaired) electrons. The zero-order valence-electron chi connectivity index (χ0n) is 11.8. The number of ether oxygens (including phenoxy) is 1. The molecule has 1 aliphatic heterocycles. The van der Waals surface area contributed by atoms with E-state index < -0.39 is 35.8 Å². The van der Waals surface area contributed by atoms with Crippen molar-refractivity contribution in [3.8, 4) is 0 Å². The molecule has 0 unspecified atom stereocenters. The molecule has 22 heavy (non-hydrogen) atoms. The molecule has 1 saturated heterocycles. The van der Waals surface area contributed by atoms with Gasteiger partial charge in [-0.2, -0.15) is 0 Å². The summed E-state index contributed by atoms with van der Waals surface area (Å²) in [4.78, 5) is 23.6. The minimum atomic E-state index is -1.26. The minimum absolute atomic E-state index is 0.00336. The molecule has 0 bridgehead atoms. The van der Waals surface area contributed by atoms with E-state index in [2.05, 4.69) is 4.74 Å². The monoisotopic (exact) mass is 311 g/mol. The van der Waals surface area contributed by atoms with E-state index in [0.29, 0.717) is 12.8 Å². The number of carbonyl (C=O) groups is 2. The van der Waals surface area contributed by atoms with E-state index >= 15 is 0 Å². The lowest BCUT2D eigenvalue weighted by Gasteiger charge is -2.26. The quantitative estimate of drug-likeness (QED) is 0.688. The normalized spacial score (nSPS) is 21.3. The van der Waals surface area contributed by atoms with Crippen molar-refractivity contribution in [2.45, 2.75) is 24.9 Å². The number of hydrogen-bond acceptors (Lipinski definition) is 3. The summed E-state index contributed by atoms with van der Waals surface area (Å²) in [6.07, 6.45) is 2.01. The van der Waals surface area contributed by atoms with E-state index in [1.54, 1.807) is 0 Å². The summed E-state index contributed by atoms with van der Waals surface area (Å²) < 4.78 is 31.6. The largest absolute Gasteiger partial charge is 0.466 e. The van der Waals surface area contributed by atoms with Crippen LogP contribution in [0, 0.1) is 11.6 Å². The number of nitrogens with zero attached hydrogens (tertiary/aromatic N) is 1. The summed E-state index contributed by atoms with van der Waals surface area (Å²) in [6, 6.07) is 1.57. The molecule has 1 amide bonds. The van der Waals surface area contributed by atoms with Gasteiger partial charge in [0.1, 0.15) is 11.6 Å². The molecule has 2 rings (SSSR count). The van der Waals surface area contributed by atoms with Crippen LogP contribution in [-0.2, 0) is 9.53 Å². The first-order chi connectivity index (χ1) is 10.4. The van der Waals surface area contributed by atoms with Crippen molar-refractivity contribution in [2.75, 3.05) is 7.11 Å². The summed E-state index contributed by atoms with van der Waals surface area (Å²) in [6.45, 7) is 0. The van der Waals surface area contributed by atoms with Gasteiger partial charge in [0.05, 0.1) is 19.2 Å². The standard InChI is InChI=1S/C15H15F2NO4/c1-22-14(19)7-4-10-3-6-13(18(10)15(20)21)11-8-9(16)2-5-12(11)17/h2,4-5,7-8,10,13H,3,6H2,1H3,(H,20,21)/t10-,13+/m1/s1. The molecule has 2 atom stereocenters. The molecular formula is C15H15F2NO4. The minimum Gasteiger partial charge on any atom is -0.466 e. The number of rotatable bonds is 3. The summed E-state index contributed by atoms with van der Waals surface area (Å²) in [5.41, 5.74) is -0.00336. The number of hydrogen-bond donors (Lipinski definition) is 1. The molecule has 1 aliphatic rings. The summed E-state index contributed by atoms with van der Waals surface area (Å²) in [5.74, 6) is -1.89. The number of amides is 1. The number of carbonyl (C=O) groups excluding carboxylic acids is 1. The van der Waals surface area contributed by atoms with Crippen LogP contribution in [0.1, 0.15) is 24.4 Å². The van der Waals surface area contributed by atoms with Crippen LogP contribution in [0.2, 0.25) is 0 Å². The van der Waals surface area contributed by atoms with Crippen LogP contribution in [0.4, 0.5) is 13.6 Å². The van der Waals surface area contributed by atoms with Crippen LogP contribution in [0.5, 0.6) is 0 Å². The van der Waals surface area contributed by atoms with Crippen LogP contribution in [0.15, 0.2) is 30.4 Å². The molecule has 1 fully saturated rings. The van der Waals surface area contributed by atoms with E-state index in [0.717, 1.165) is 29.2 Å². The lowest BCUT2D eigenvalue weighted by atomic mass is 10.0. The van der Waals surface area contributed by atoms with Crippen molar-refractivity contribution in [3.63, 3.8) is 0 Å². The third kappa shape index (κ3) is 3.24. The van der Waals surface area contributed by atoms with Gasteiger partial charge in [0, 0.05) is 11.6 Å². The molecule has 0 spiro atoms. The van der Waals surface area contributed by atoms with E-state index in [9.17, 15) is 23.5 Å². The summed E-state index contributed by atoms with van der Waals surface area (Å²) in [7, 11) is 1.21. The second-order valence-electron chi connectivity index (χ2n) is 4.90. The molecule has 0 aromatic heterocycles. The molecule has 1 N–H and O–H groups in total. The molecule has 118 valence electrons. The second kappa shape index (κ2) is 6.55. The van der Waals surface area contributed by atoms with Crippen molar-refractivity contribution < 1.29 is 28.2 Å². The Morgan fingerprint density at radius 2 is 2.09 bits per heavy atom. The van der Waals surface area contributed by atoms with Crippen LogP contribution < -0.4 is 0 Å². The third-order valence-electron chi connectivity index (χ3n) is 3.62. The Morgan fingerprint density at radius 3 is 2.73 bits per heavy atom. The van der Waals surface area contributed by atoms with E-state index in [1.165, 1.54) is 13.2 Å². The number of carboxylic acid groups (broad SMARTS) is 1. The van der Waals surface area contributed by atoms with Gasteiger partial charge in [-0.15, -0.1) is 0 Å². The Bertz CT molecular complexity index is 618. The highest BCUT2D eigenvalue weighted by Crippen LogP contribution is 2.38. The number of esters is 1. The smallest absolute Gasteiger partial charge is 0.408 e. The van der Waals surface area contributed by atoms with Gasteiger partial charge in [-0.3, -0.25) is 4.90 Å². The zero-order valence-corrected chi connectivity index (χ0v) is 11.8. The highest BCUT2D eigenvalue weighted by Gasteiger charge is 2.38. The number of benzene rings is 1. The number of halogens is 2. The van der Waals surface area contributed by atoms with Gasteiger partial charge in [-0.25, -0.2) is 18.4 Å². The van der Waals surface area contributed by atoms with Gasteiger partial charge in [0.2, 0.25) is 0 Å². The predicted octanol–water partition coefficient (Wildman–Crippen LogP) is 2.88.